The van der Waals surface area contributed by atoms with Crippen LogP contribution in [0, 0.1) is 6.92 Å². The Bertz CT molecular complexity index is 672. The van der Waals surface area contributed by atoms with Gasteiger partial charge in [0.25, 0.3) is 0 Å². The first-order valence-corrected chi connectivity index (χ1v) is 7.99. The minimum atomic E-state index is -3.17. The molecular weight excluding hydrogens is 256 g/mol. The molecular formula is C16H16O2S. The molecule has 1 aliphatic carbocycles. The summed E-state index contributed by atoms with van der Waals surface area (Å²) in [6.07, 6.45) is 0.736. The predicted molar refractivity (Wildman–Crippen MR) is 76.0 cm³/mol. The molecule has 0 spiro atoms. The van der Waals surface area contributed by atoms with Crippen LogP contribution in [0.3, 0.4) is 0 Å². The maximum absolute atomic E-state index is 12.4. The fourth-order valence-corrected chi connectivity index (χ4v) is 4.40. The Hall–Kier alpha value is -1.61. The van der Waals surface area contributed by atoms with E-state index in [-0.39, 0.29) is 11.2 Å². The minimum Gasteiger partial charge on any atom is -0.223 e. The van der Waals surface area contributed by atoms with Crippen molar-refractivity contribution in [2.75, 3.05) is 0 Å². The standard InChI is InChI=1S/C16H16O2S/c1-12-7-9-13(10-8-12)15-11-16(15)19(17,18)14-5-3-2-4-6-14/h2-10,15-16H,11H2,1H3. The van der Waals surface area contributed by atoms with E-state index in [1.165, 1.54) is 5.56 Å². The molecule has 2 aromatic rings. The average molecular weight is 272 g/mol. The summed E-state index contributed by atoms with van der Waals surface area (Å²) in [4.78, 5) is 0.439. The molecule has 0 heterocycles. The summed E-state index contributed by atoms with van der Waals surface area (Å²) in [5.74, 6) is 0.158. The third-order valence-corrected chi connectivity index (χ3v) is 5.96. The second-order valence-electron chi connectivity index (χ2n) is 5.15. The maximum Gasteiger partial charge on any atom is 0.181 e. The van der Waals surface area contributed by atoms with Crippen LogP contribution in [0.5, 0.6) is 0 Å². The molecule has 98 valence electrons. The third kappa shape index (κ3) is 2.30. The van der Waals surface area contributed by atoms with Crippen molar-refractivity contribution in [2.45, 2.75) is 29.4 Å². The van der Waals surface area contributed by atoms with Gasteiger partial charge in [0, 0.05) is 5.92 Å². The van der Waals surface area contributed by atoms with Crippen LogP contribution in [0.25, 0.3) is 0 Å². The van der Waals surface area contributed by atoms with Crippen molar-refractivity contribution < 1.29 is 8.42 Å². The largest absolute Gasteiger partial charge is 0.223 e. The van der Waals surface area contributed by atoms with Gasteiger partial charge in [-0.2, -0.15) is 0 Å². The average Bonchev–Trinajstić information content (AvgIpc) is 3.22. The zero-order valence-corrected chi connectivity index (χ0v) is 11.6. The van der Waals surface area contributed by atoms with Gasteiger partial charge in [-0.3, -0.25) is 0 Å². The van der Waals surface area contributed by atoms with Crippen molar-refractivity contribution in [2.24, 2.45) is 0 Å². The number of benzene rings is 2. The van der Waals surface area contributed by atoms with Crippen molar-refractivity contribution in [3.8, 4) is 0 Å². The molecule has 0 bridgehead atoms. The van der Waals surface area contributed by atoms with Gasteiger partial charge >= 0.3 is 0 Å². The Morgan fingerprint density at radius 3 is 2.21 bits per heavy atom. The van der Waals surface area contributed by atoms with Crippen LogP contribution in [0.2, 0.25) is 0 Å². The molecule has 2 unspecified atom stereocenters. The molecule has 0 amide bonds. The number of hydrogen-bond acceptors (Lipinski definition) is 2. The van der Waals surface area contributed by atoms with Gasteiger partial charge in [0.2, 0.25) is 0 Å². The van der Waals surface area contributed by atoms with Crippen molar-refractivity contribution in [3.63, 3.8) is 0 Å². The van der Waals surface area contributed by atoms with E-state index in [2.05, 4.69) is 0 Å². The van der Waals surface area contributed by atoms with Gasteiger partial charge in [0.1, 0.15) is 0 Å². The molecule has 0 radical (unpaired) electrons. The SMILES string of the molecule is Cc1ccc(C2CC2S(=O)(=O)c2ccccc2)cc1. The highest BCUT2D eigenvalue weighted by Crippen LogP contribution is 2.47. The van der Waals surface area contributed by atoms with E-state index in [1.54, 1.807) is 24.3 Å². The highest BCUT2D eigenvalue weighted by Gasteiger charge is 2.48. The van der Waals surface area contributed by atoms with Crippen molar-refractivity contribution in [3.05, 3.63) is 65.7 Å². The molecule has 0 aliphatic heterocycles. The first kappa shape index (κ1) is 12.4. The second kappa shape index (κ2) is 4.49. The zero-order valence-electron chi connectivity index (χ0n) is 10.8. The van der Waals surface area contributed by atoms with Crippen LogP contribution in [-0.2, 0) is 9.84 Å². The van der Waals surface area contributed by atoms with Crippen LogP contribution in [-0.4, -0.2) is 13.7 Å². The van der Waals surface area contributed by atoms with E-state index in [1.807, 2.05) is 37.3 Å². The molecule has 1 aliphatic rings. The van der Waals surface area contributed by atoms with Gasteiger partial charge in [-0.1, -0.05) is 48.0 Å². The molecule has 3 rings (SSSR count). The monoisotopic (exact) mass is 272 g/mol. The van der Waals surface area contributed by atoms with Crippen LogP contribution in [0.15, 0.2) is 59.5 Å². The summed E-state index contributed by atoms with van der Waals surface area (Å²) >= 11 is 0. The topological polar surface area (TPSA) is 34.1 Å². The summed E-state index contributed by atoms with van der Waals surface area (Å²) in [5, 5.41) is -0.252. The second-order valence-corrected chi connectivity index (χ2v) is 7.32. The lowest BCUT2D eigenvalue weighted by atomic mass is 10.1. The number of hydrogen-bond donors (Lipinski definition) is 0. The van der Waals surface area contributed by atoms with Gasteiger partial charge in [-0.15, -0.1) is 0 Å². The maximum atomic E-state index is 12.4. The van der Waals surface area contributed by atoms with Gasteiger partial charge in [0.05, 0.1) is 10.1 Å². The lowest BCUT2D eigenvalue weighted by Crippen LogP contribution is -2.08. The van der Waals surface area contributed by atoms with E-state index in [9.17, 15) is 8.42 Å². The van der Waals surface area contributed by atoms with E-state index < -0.39 is 9.84 Å². The van der Waals surface area contributed by atoms with Crippen LogP contribution in [0.1, 0.15) is 23.5 Å². The molecule has 1 fully saturated rings. The summed E-state index contributed by atoms with van der Waals surface area (Å²) in [6, 6.07) is 16.9. The normalized spacial score (nSPS) is 22.2. The molecule has 0 aromatic heterocycles. The highest BCUT2D eigenvalue weighted by molar-refractivity contribution is 7.92. The first-order valence-electron chi connectivity index (χ1n) is 6.44. The predicted octanol–water partition coefficient (Wildman–Crippen LogP) is 3.32. The van der Waals surface area contributed by atoms with Gasteiger partial charge < -0.3 is 0 Å². The smallest absolute Gasteiger partial charge is 0.181 e. The summed E-state index contributed by atoms with van der Waals surface area (Å²) in [5.41, 5.74) is 2.34. The summed E-state index contributed by atoms with van der Waals surface area (Å²) in [6.45, 7) is 2.04. The van der Waals surface area contributed by atoms with E-state index in [4.69, 9.17) is 0 Å². The van der Waals surface area contributed by atoms with Gasteiger partial charge in [-0.05, 0) is 31.0 Å². The Morgan fingerprint density at radius 1 is 0.947 bits per heavy atom. The molecule has 0 saturated heterocycles. The van der Waals surface area contributed by atoms with E-state index in [0.29, 0.717) is 4.90 Å². The molecule has 19 heavy (non-hydrogen) atoms. The quantitative estimate of drug-likeness (QED) is 0.859. The van der Waals surface area contributed by atoms with Gasteiger partial charge in [0.15, 0.2) is 9.84 Å². The minimum absolute atomic E-state index is 0.158. The zero-order chi connectivity index (χ0) is 13.5. The highest BCUT2D eigenvalue weighted by atomic mass is 32.2. The Morgan fingerprint density at radius 2 is 1.58 bits per heavy atom. The van der Waals surface area contributed by atoms with Crippen molar-refractivity contribution in [1.29, 1.82) is 0 Å². The summed E-state index contributed by atoms with van der Waals surface area (Å²) in [7, 11) is -3.17. The van der Waals surface area contributed by atoms with Crippen LogP contribution in [0.4, 0.5) is 0 Å². The van der Waals surface area contributed by atoms with E-state index in [0.717, 1.165) is 12.0 Å². The molecule has 2 nitrogen and oxygen atoms in total. The number of aryl methyl sites for hydroxylation is 1. The Labute approximate surface area is 114 Å². The molecule has 2 aromatic carbocycles. The summed E-state index contributed by atoms with van der Waals surface area (Å²) < 4.78 is 24.9. The molecule has 2 atom stereocenters. The van der Waals surface area contributed by atoms with Crippen molar-refractivity contribution >= 4 is 9.84 Å². The van der Waals surface area contributed by atoms with Crippen LogP contribution < -0.4 is 0 Å². The Kier molecular flexibility index (Phi) is 2.94. The molecule has 3 heteroatoms. The molecule has 0 N–H and O–H groups in total. The van der Waals surface area contributed by atoms with Crippen LogP contribution >= 0.6 is 0 Å². The van der Waals surface area contributed by atoms with Crippen molar-refractivity contribution in [1.82, 2.24) is 0 Å². The molecule has 1 saturated carbocycles. The van der Waals surface area contributed by atoms with Gasteiger partial charge in [-0.25, -0.2) is 8.42 Å². The number of sulfone groups is 1. The fraction of sp³-hybridized carbons (Fsp3) is 0.250. The lowest BCUT2D eigenvalue weighted by molar-refractivity contribution is 0.594. The fourth-order valence-electron chi connectivity index (χ4n) is 2.46. The number of rotatable bonds is 3. The van der Waals surface area contributed by atoms with E-state index >= 15 is 0 Å². The Balaban J connectivity index is 1.85. The third-order valence-electron chi connectivity index (χ3n) is 3.71. The first-order chi connectivity index (χ1) is 9.09. The lowest BCUT2D eigenvalue weighted by Gasteiger charge is -2.04.